The third-order valence-electron chi connectivity index (χ3n) is 8.18. The number of carbonyl (C=O) groups is 2. The Hall–Kier alpha value is -4.01. The Bertz CT molecular complexity index is 1490. The molecule has 3 fully saturated rings. The van der Waals surface area contributed by atoms with Crippen molar-refractivity contribution in [3.05, 3.63) is 59.8 Å². The number of carbonyl (C=O) groups excluding carboxylic acids is 2. The van der Waals surface area contributed by atoms with Gasteiger partial charge in [0.25, 0.3) is 11.8 Å². The average molecular weight is 473 g/mol. The molecular formula is C26H28N6O3. The lowest BCUT2D eigenvalue weighted by Gasteiger charge is -2.42. The fourth-order valence-electron chi connectivity index (χ4n) is 6.46. The second kappa shape index (κ2) is 7.49. The van der Waals surface area contributed by atoms with Gasteiger partial charge in [0.2, 0.25) is 5.88 Å². The van der Waals surface area contributed by atoms with Crippen molar-refractivity contribution in [1.29, 1.82) is 0 Å². The standard InChI is InChI=1S/C26H24N6O3.2H2/c1-35-24-16-5-3-2-4-14(16)8-23(27-24)26(34)32-12-19-17-10-31(11-18(17)20(19)13-32)25(33)15-6-7-21-22(9-15)29-30-28-21;;/h2-9,17-20H,10-13H2,1H3,(H,28,29,30);2*1H/t17-,18+,19?,20?;;. The number of benzene rings is 2. The number of hydrogen-bond acceptors (Lipinski definition) is 6. The lowest BCUT2D eigenvalue weighted by molar-refractivity contribution is 0.0629. The summed E-state index contributed by atoms with van der Waals surface area (Å²) in [5.41, 5.74) is 2.52. The number of ether oxygens (including phenoxy) is 1. The Labute approximate surface area is 204 Å². The summed E-state index contributed by atoms with van der Waals surface area (Å²) in [6.45, 7) is 2.92. The number of aromatic amines is 1. The van der Waals surface area contributed by atoms with Crippen molar-refractivity contribution < 1.29 is 17.2 Å². The number of pyridine rings is 1. The molecule has 9 nitrogen and oxygen atoms in total. The molecule has 3 aliphatic rings. The molecule has 1 saturated carbocycles. The molecule has 180 valence electrons. The van der Waals surface area contributed by atoms with E-state index < -0.39 is 0 Å². The molecule has 4 heterocycles. The summed E-state index contributed by atoms with van der Waals surface area (Å²) < 4.78 is 5.46. The third-order valence-corrected chi connectivity index (χ3v) is 8.18. The topological polar surface area (TPSA) is 104 Å². The number of nitrogens with zero attached hydrogens (tertiary/aromatic N) is 5. The molecule has 2 amide bonds. The molecule has 2 unspecified atom stereocenters. The van der Waals surface area contributed by atoms with Gasteiger partial charge in [-0.2, -0.15) is 15.4 Å². The van der Waals surface area contributed by atoms with Gasteiger partial charge >= 0.3 is 0 Å². The summed E-state index contributed by atoms with van der Waals surface area (Å²) in [5, 5.41) is 12.6. The molecule has 35 heavy (non-hydrogen) atoms. The minimum absolute atomic E-state index is 0. The SMILES string of the molecule is COc1nc(C(=O)N2CC3C(C2)[C@@H]2CN(C(=O)c4ccc5n[nH]nc5c4)C[C@H]32)cc2ccccc12.[HH].[HH]. The molecule has 0 radical (unpaired) electrons. The van der Waals surface area contributed by atoms with Crippen LogP contribution in [-0.4, -0.2) is 75.3 Å². The average Bonchev–Trinajstić information content (AvgIpc) is 3.61. The Kier molecular flexibility index (Phi) is 4.36. The van der Waals surface area contributed by atoms with Gasteiger partial charge in [0.05, 0.1) is 7.11 Å². The Morgan fingerprint density at radius 2 is 1.54 bits per heavy atom. The van der Waals surface area contributed by atoms with Crippen molar-refractivity contribution in [3.63, 3.8) is 0 Å². The lowest BCUT2D eigenvalue weighted by atomic mass is 9.60. The van der Waals surface area contributed by atoms with Crippen LogP contribution in [0.15, 0.2) is 48.5 Å². The largest absolute Gasteiger partial charge is 0.481 e. The molecule has 4 atom stereocenters. The maximum absolute atomic E-state index is 13.4. The summed E-state index contributed by atoms with van der Waals surface area (Å²) in [7, 11) is 1.58. The number of methoxy groups -OCH3 is 1. The zero-order valence-electron chi connectivity index (χ0n) is 19.2. The first-order valence-electron chi connectivity index (χ1n) is 11.9. The highest BCUT2D eigenvalue weighted by Gasteiger charge is 2.59. The normalized spacial score (nSPS) is 24.9. The van der Waals surface area contributed by atoms with Crippen molar-refractivity contribution in [2.45, 2.75) is 0 Å². The van der Waals surface area contributed by atoms with Crippen LogP contribution in [0.2, 0.25) is 0 Å². The molecule has 9 heteroatoms. The van der Waals surface area contributed by atoms with Crippen molar-refractivity contribution in [2.75, 3.05) is 33.3 Å². The Balaban J connectivity index is 0.00000140. The first-order valence-corrected chi connectivity index (χ1v) is 11.9. The van der Waals surface area contributed by atoms with Crippen LogP contribution < -0.4 is 4.74 Å². The summed E-state index contributed by atoms with van der Waals surface area (Å²) in [6, 6.07) is 15.1. The van der Waals surface area contributed by atoms with Gasteiger partial charge in [0.15, 0.2) is 0 Å². The predicted molar refractivity (Wildman–Crippen MR) is 132 cm³/mol. The number of H-pyrrole nitrogens is 1. The highest BCUT2D eigenvalue weighted by atomic mass is 16.5. The van der Waals surface area contributed by atoms with Gasteiger partial charge < -0.3 is 14.5 Å². The maximum atomic E-state index is 13.4. The second-order valence-corrected chi connectivity index (χ2v) is 9.84. The van der Waals surface area contributed by atoms with E-state index in [9.17, 15) is 9.59 Å². The van der Waals surface area contributed by atoms with Crippen LogP contribution in [0.4, 0.5) is 0 Å². The zero-order chi connectivity index (χ0) is 23.7. The molecule has 1 aliphatic carbocycles. The van der Waals surface area contributed by atoms with E-state index in [1.807, 2.05) is 52.3 Å². The first kappa shape index (κ1) is 20.4. The van der Waals surface area contributed by atoms with E-state index >= 15 is 0 Å². The van der Waals surface area contributed by atoms with Crippen LogP contribution in [0.5, 0.6) is 5.88 Å². The van der Waals surface area contributed by atoms with Gasteiger partial charge in [-0.15, -0.1) is 0 Å². The van der Waals surface area contributed by atoms with Gasteiger partial charge in [-0.3, -0.25) is 9.59 Å². The minimum atomic E-state index is -0.0460. The van der Waals surface area contributed by atoms with E-state index in [0.29, 0.717) is 59.4 Å². The van der Waals surface area contributed by atoms with Gasteiger partial charge in [0.1, 0.15) is 16.7 Å². The maximum Gasteiger partial charge on any atom is 0.272 e. The predicted octanol–water partition coefficient (Wildman–Crippen LogP) is 3.10. The molecule has 2 aromatic heterocycles. The smallest absolute Gasteiger partial charge is 0.272 e. The van der Waals surface area contributed by atoms with Crippen LogP contribution in [0, 0.1) is 23.7 Å². The number of likely N-dealkylation sites (tertiary alicyclic amines) is 2. The summed E-state index contributed by atoms with van der Waals surface area (Å²) in [6.07, 6.45) is 0. The van der Waals surface area contributed by atoms with Crippen molar-refractivity contribution in [3.8, 4) is 5.88 Å². The van der Waals surface area contributed by atoms with E-state index in [1.54, 1.807) is 13.2 Å². The molecule has 0 bridgehead atoms. The van der Waals surface area contributed by atoms with Crippen LogP contribution in [0.1, 0.15) is 23.7 Å². The highest BCUT2D eigenvalue weighted by molar-refractivity contribution is 5.99. The third kappa shape index (κ3) is 3.03. The van der Waals surface area contributed by atoms with Crippen LogP contribution in [0.25, 0.3) is 21.8 Å². The quantitative estimate of drug-likeness (QED) is 0.491. The highest BCUT2D eigenvalue weighted by Crippen LogP contribution is 2.54. The minimum Gasteiger partial charge on any atom is -0.481 e. The monoisotopic (exact) mass is 472 g/mol. The Morgan fingerprint density at radius 3 is 2.26 bits per heavy atom. The first-order chi connectivity index (χ1) is 17.1. The molecule has 0 spiro atoms. The zero-order valence-corrected chi connectivity index (χ0v) is 19.2. The van der Waals surface area contributed by atoms with Crippen LogP contribution in [0.3, 0.4) is 0 Å². The van der Waals surface area contributed by atoms with Crippen molar-refractivity contribution in [1.82, 2.24) is 30.2 Å². The van der Waals surface area contributed by atoms with Gasteiger partial charge in [0, 0.05) is 40.0 Å². The molecule has 2 aliphatic heterocycles. The van der Waals surface area contributed by atoms with Crippen molar-refractivity contribution >= 4 is 33.6 Å². The van der Waals surface area contributed by atoms with Crippen LogP contribution >= 0.6 is 0 Å². The lowest BCUT2D eigenvalue weighted by Crippen LogP contribution is -2.44. The fraction of sp³-hybridized carbons (Fsp3) is 0.346. The molecule has 4 aromatic rings. The Morgan fingerprint density at radius 1 is 0.886 bits per heavy atom. The van der Waals surface area contributed by atoms with E-state index in [1.165, 1.54) is 0 Å². The van der Waals surface area contributed by atoms with E-state index in [0.717, 1.165) is 29.4 Å². The number of rotatable bonds is 3. The van der Waals surface area contributed by atoms with Gasteiger partial charge in [-0.25, -0.2) is 4.98 Å². The molecule has 7 rings (SSSR count). The van der Waals surface area contributed by atoms with E-state index in [4.69, 9.17) is 4.74 Å². The molecular weight excluding hydrogens is 444 g/mol. The number of hydrogen-bond donors (Lipinski definition) is 1. The van der Waals surface area contributed by atoms with E-state index in [-0.39, 0.29) is 14.7 Å². The summed E-state index contributed by atoms with van der Waals surface area (Å²) >= 11 is 0. The van der Waals surface area contributed by atoms with Gasteiger partial charge in [-0.1, -0.05) is 18.2 Å². The fourth-order valence-corrected chi connectivity index (χ4v) is 6.46. The molecule has 2 aromatic carbocycles. The van der Waals surface area contributed by atoms with E-state index in [2.05, 4.69) is 20.4 Å². The second-order valence-electron chi connectivity index (χ2n) is 9.84. The molecule has 2 saturated heterocycles. The van der Waals surface area contributed by atoms with Gasteiger partial charge in [-0.05, 0) is 59.4 Å². The number of aromatic nitrogens is 4. The summed E-state index contributed by atoms with van der Waals surface area (Å²) in [4.78, 5) is 35.0. The number of fused-ring (bicyclic) bond motifs is 6. The number of amides is 2. The summed E-state index contributed by atoms with van der Waals surface area (Å²) in [5.74, 6) is 2.22. The molecule has 1 N–H and O–H groups in total. The van der Waals surface area contributed by atoms with Crippen molar-refractivity contribution in [2.24, 2.45) is 23.7 Å². The van der Waals surface area contributed by atoms with Crippen LogP contribution in [-0.2, 0) is 0 Å². The number of nitrogens with one attached hydrogen (secondary N) is 1.